The molecule has 1 aromatic rings. The van der Waals surface area contributed by atoms with E-state index in [1.165, 1.54) is 0 Å². The highest BCUT2D eigenvalue weighted by molar-refractivity contribution is 5.33. The molecule has 0 fully saturated rings. The van der Waals surface area contributed by atoms with Crippen LogP contribution >= 0.6 is 0 Å². The van der Waals surface area contributed by atoms with Crippen LogP contribution in [0.1, 0.15) is 24.1 Å². The molecule has 0 saturated carbocycles. The smallest absolute Gasteiger partial charge is 0.250 e. The maximum Gasteiger partial charge on any atom is 0.250 e. The molecule has 0 bridgehead atoms. The van der Waals surface area contributed by atoms with Gasteiger partial charge in [-0.15, -0.1) is 0 Å². The first kappa shape index (κ1) is 11.6. The van der Waals surface area contributed by atoms with Crippen molar-refractivity contribution in [2.24, 2.45) is 0 Å². The Labute approximate surface area is 87.5 Å². The second-order valence-electron chi connectivity index (χ2n) is 3.26. The van der Waals surface area contributed by atoms with Crippen molar-refractivity contribution in [2.45, 2.75) is 19.4 Å². The fourth-order valence-corrected chi connectivity index (χ4v) is 1.26. The van der Waals surface area contributed by atoms with Crippen molar-refractivity contribution in [3.05, 3.63) is 35.4 Å². The summed E-state index contributed by atoms with van der Waals surface area (Å²) >= 11 is 0. The molecular weight excluding hydrogens is 198 g/mol. The van der Waals surface area contributed by atoms with Gasteiger partial charge in [0, 0.05) is 6.04 Å². The van der Waals surface area contributed by atoms with Gasteiger partial charge in [0.1, 0.15) is 0 Å². The average Bonchev–Trinajstić information content (AvgIpc) is 2.26. The second kappa shape index (κ2) is 5.42. The Kier molecular flexibility index (Phi) is 4.19. The first-order valence-corrected chi connectivity index (χ1v) is 4.65. The van der Waals surface area contributed by atoms with Crippen LogP contribution in [-0.2, 0) is 0 Å². The van der Waals surface area contributed by atoms with E-state index in [0.717, 1.165) is 5.56 Å². The van der Waals surface area contributed by atoms with E-state index in [1.807, 2.05) is 12.1 Å². The SMILES string of the molecule is CC(NCC(F)F)c1cccc(C#N)c1. The van der Waals surface area contributed by atoms with Crippen LogP contribution in [0.3, 0.4) is 0 Å². The van der Waals surface area contributed by atoms with Gasteiger partial charge in [0.25, 0.3) is 6.43 Å². The van der Waals surface area contributed by atoms with Gasteiger partial charge in [-0.25, -0.2) is 8.78 Å². The highest BCUT2D eigenvalue weighted by Crippen LogP contribution is 2.13. The molecule has 1 unspecified atom stereocenters. The maximum atomic E-state index is 11.9. The van der Waals surface area contributed by atoms with Crippen molar-refractivity contribution in [1.29, 1.82) is 5.26 Å². The number of rotatable bonds is 4. The molecule has 80 valence electrons. The van der Waals surface area contributed by atoms with Crippen molar-refractivity contribution in [3.8, 4) is 6.07 Å². The lowest BCUT2D eigenvalue weighted by molar-refractivity contribution is 0.142. The van der Waals surface area contributed by atoms with Crippen molar-refractivity contribution in [1.82, 2.24) is 5.32 Å². The summed E-state index contributed by atoms with van der Waals surface area (Å²) in [4.78, 5) is 0. The van der Waals surface area contributed by atoms with Crippen LogP contribution in [0.15, 0.2) is 24.3 Å². The quantitative estimate of drug-likeness (QED) is 0.828. The van der Waals surface area contributed by atoms with E-state index >= 15 is 0 Å². The van der Waals surface area contributed by atoms with E-state index < -0.39 is 6.43 Å². The van der Waals surface area contributed by atoms with Crippen LogP contribution in [0.5, 0.6) is 0 Å². The van der Waals surface area contributed by atoms with Gasteiger partial charge in [0.05, 0.1) is 18.2 Å². The summed E-state index contributed by atoms with van der Waals surface area (Å²) in [5, 5.41) is 11.4. The van der Waals surface area contributed by atoms with Crippen molar-refractivity contribution in [2.75, 3.05) is 6.54 Å². The van der Waals surface area contributed by atoms with E-state index in [-0.39, 0.29) is 12.6 Å². The van der Waals surface area contributed by atoms with Gasteiger partial charge in [0.15, 0.2) is 0 Å². The predicted molar refractivity (Wildman–Crippen MR) is 53.6 cm³/mol. The molecule has 0 heterocycles. The van der Waals surface area contributed by atoms with Crippen LogP contribution in [0.2, 0.25) is 0 Å². The minimum absolute atomic E-state index is 0.174. The van der Waals surface area contributed by atoms with Crippen molar-refractivity contribution in [3.63, 3.8) is 0 Å². The van der Waals surface area contributed by atoms with Crippen LogP contribution in [-0.4, -0.2) is 13.0 Å². The van der Waals surface area contributed by atoms with Gasteiger partial charge < -0.3 is 5.32 Å². The summed E-state index contributed by atoms with van der Waals surface area (Å²) in [5.74, 6) is 0. The summed E-state index contributed by atoms with van der Waals surface area (Å²) in [6.07, 6.45) is -2.36. The molecule has 1 rings (SSSR count). The van der Waals surface area contributed by atoms with Crippen LogP contribution in [0.25, 0.3) is 0 Å². The van der Waals surface area contributed by atoms with E-state index in [0.29, 0.717) is 5.56 Å². The minimum Gasteiger partial charge on any atom is -0.305 e. The predicted octanol–water partition coefficient (Wildman–Crippen LogP) is 2.47. The summed E-state index contributed by atoms with van der Waals surface area (Å²) in [6, 6.07) is 8.77. The van der Waals surface area contributed by atoms with E-state index in [1.54, 1.807) is 25.1 Å². The number of nitrogens with one attached hydrogen (secondary N) is 1. The summed E-state index contributed by atoms with van der Waals surface area (Å²) in [5.41, 5.74) is 1.38. The first-order valence-electron chi connectivity index (χ1n) is 4.65. The first-order chi connectivity index (χ1) is 7.13. The maximum absolute atomic E-state index is 11.9. The molecule has 0 spiro atoms. The van der Waals surface area contributed by atoms with Crippen LogP contribution in [0, 0.1) is 11.3 Å². The largest absolute Gasteiger partial charge is 0.305 e. The fraction of sp³-hybridized carbons (Fsp3) is 0.364. The fourth-order valence-electron chi connectivity index (χ4n) is 1.26. The number of alkyl halides is 2. The zero-order valence-corrected chi connectivity index (χ0v) is 8.37. The lowest BCUT2D eigenvalue weighted by Gasteiger charge is -2.13. The molecule has 1 N–H and O–H groups in total. The molecule has 0 aromatic heterocycles. The lowest BCUT2D eigenvalue weighted by Crippen LogP contribution is -2.24. The number of benzene rings is 1. The second-order valence-corrected chi connectivity index (χ2v) is 3.26. The van der Waals surface area contributed by atoms with Gasteiger partial charge in [-0.3, -0.25) is 0 Å². The Morgan fingerprint density at radius 2 is 2.20 bits per heavy atom. The van der Waals surface area contributed by atoms with Crippen molar-refractivity contribution >= 4 is 0 Å². The molecule has 1 atom stereocenters. The molecular formula is C11H12F2N2. The number of nitrogens with zero attached hydrogens (tertiary/aromatic N) is 1. The zero-order chi connectivity index (χ0) is 11.3. The minimum atomic E-state index is -2.36. The third-order valence-corrected chi connectivity index (χ3v) is 2.09. The zero-order valence-electron chi connectivity index (χ0n) is 8.37. The van der Waals surface area contributed by atoms with Crippen LogP contribution < -0.4 is 5.32 Å². The van der Waals surface area contributed by atoms with Gasteiger partial charge in [-0.05, 0) is 24.6 Å². The summed E-state index contributed by atoms with van der Waals surface area (Å²) in [6.45, 7) is 1.46. The topological polar surface area (TPSA) is 35.8 Å². The Morgan fingerprint density at radius 3 is 2.80 bits per heavy atom. The summed E-state index contributed by atoms with van der Waals surface area (Å²) in [7, 11) is 0. The Bertz CT molecular complexity index is 358. The van der Waals surface area contributed by atoms with Gasteiger partial charge in [-0.2, -0.15) is 5.26 Å². The number of halogens is 2. The third-order valence-electron chi connectivity index (χ3n) is 2.09. The van der Waals surface area contributed by atoms with E-state index in [9.17, 15) is 8.78 Å². The van der Waals surface area contributed by atoms with E-state index in [4.69, 9.17) is 5.26 Å². The average molecular weight is 210 g/mol. The van der Waals surface area contributed by atoms with Gasteiger partial charge in [0.2, 0.25) is 0 Å². The molecule has 0 aliphatic heterocycles. The highest BCUT2D eigenvalue weighted by Gasteiger charge is 2.08. The Hall–Kier alpha value is -1.47. The Balaban J connectivity index is 2.65. The third kappa shape index (κ3) is 3.64. The molecule has 4 heteroatoms. The van der Waals surface area contributed by atoms with Gasteiger partial charge in [-0.1, -0.05) is 12.1 Å². The van der Waals surface area contributed by atoms with E-state index in [2.05, 4.69) is 5.32 Å². The number of hydrogen-bond acceptors (Lipinski definition) is 2. The van der Waals surface area contributed by atoms with Gasteiger partial charge >= 0.3 is 0 Å². The number of hydrogen-bond donors (Lipinski definition) is 1. The molecule has 0 amide bonds. The van der Waals surface area contributed by atoms with Crippen LogP contribution in [0.4, 0.5) is 8.78 Å². The molecule has 15 heavy (non-hydrogen) atoms. The molecule has 0 saturated heterocycles. The monoisotopic (exact) mass is 210 g/mol. The molecule has 0 aliphatic rings. The number of nitriles is 1. The molecule has 0 radical (unpaired) electrons. The Morgan fingerprint density at radius 1 is 1.47 bits per heavy atom. The standard InChI is InChI=1S/C11H12F2N2/c1-8(15-7-11(12)13)10-4-2-3-9(5-10)6-14/h2-5,8,11,15H,7H2,1H3. The highest BCUT2D eigenvalue weighted by atomic mass is 19.3. The molecule has 1 aromatic carbocycles. The lowest BCUT2D eigenvalue weighted by atomic mass is 10.1. The summed E-state index contributed by atoms with van der Waals surface area (Å²) < 4.78 is 23.9. The normalized spacial score (nSPS) is 12.5. The molecule has 0 aliphatic carbocycles. The molecule has 2 nitrogen and oxygen atoms in total. The van der Waals surface area contributed by atoms with Crippen molar-refractivity contribution < 1.29 is 8.78 Å².